The molecule has 0 saturated heterocycles. The molecule has 22 heavy (non-hydrogen) atoms. The first kappa shape index (κ1) is 18.1. The van der Waals surface area contributed by atoms with Gasteiger partial charge in [-0.15, -0.1) is 0 Å². The fourth-order valence-electron chi connectivity index (χ4n) is 1.94. The van der Waals surface area contributed by atoms with E-state index in [1.54, 1.807) is 26.8 Å². The maximum absolute atomic E-state index is 12.4. The third kappa shape index (κ3) is 4.80. The molecule has 0 bridgehead atoms. The Morgan fingerprint density at radius 2 is 1.86 bits per heavy atom. The Bertz CT molecular complexity index is 699. The van der Waals surface area contributed by atoms with E-state index in [0.717, 1.165) is 17.7 Å². The Hall–Kier alpha value is -1.95. The fraction of sp³-hybridized carbons (Fsp3) is 0.375. The van der Waals surface area contributed by atoms with Gasteiger partial charge in [-0.1, -0.05) is 25.5 Å². The van der Waals surface area contributed by atoms with Crippen LogP contribution in [0.25, 0.3) is 0 Å². The second-order valence-corrected chi connectivity index (χ2v) is 7.40. The van der Waals surface area contributed by atoms with E-state index in [4.69, 9.17) is 0 Å². The predicted molar refractivity (Wildman–Crippen MR) is 83.6 cm³/mol. The molecule has 0 aliphatic carbocycles. The molecule has 6 heteroatoms. The van der Waals surface area contributed by atoms with Crippen LogP contribution in [0.5, 0.6) is 0 Å². The van der Waals surface area contributed by atoms with Crippen molar-refractivity contribution >= 4 is 21.6 Å². The highest BCUT2D eigenvalue weighted by Gasteiger charge is 2.22. The summed E-state index contributed by atoms with van der Waals surface area (Å²) in [5.74, 6) is -1.32. The SMILES string of the molecule is COC(=O)/C=C/C(=O)c1cc(C)ccc1S(=O)(=O)CC(C)C. The summed E-state index contributed by atoms with van der Waals surface area (Å²) >= 11 is 0. The molecule has 120 valence electrons. The number of ketones is 1. The summed E-state index contributed by atoms with van der Waals surface area (Å²) in [5.41, 5.74) is 0.833. The van der Waals surface area contributed by atoms with Gasteiger partial charge in [-0.25, -0.2) is 13.2 Å². The Kier molecular flexibility index (Phi) is 6.05. The van der Waals surface area contributed by atoms with Gasteiger partial charge in [-0.2, -0.15) is 0 Å². The minimum atomic E-state index is -3.57. The van der Waals surface area contributed by atoms with Crippen LogP contribution in [-0.2, 0) is 19.4 Å². The molecule has 1 aromatic carbocycles. The monoisotopic (exact) mass is 324 g/mol. The Balaban J connectivity index is 3.30. The molecule has 0 aliphatic rings. The van der Waals surface area contributed by atoms with Crippen molar-refractivity contribution in [2.75, 3.05) is 12.9 Å². The molecule has 0 spiro atoms. The van der Waals surface area contributed by atoms with Gasteiger partial charge < -0.3 is 4.74 Å². The van der Waals surface area contributed by atoms with Gasteiger partial charge in [0.25, 0.3) is 0 Å². The van der Waals surface area contributed by atoms with E-state index in [9.17, 15) is 18.0 Å². The van der Waals surface area contributed by atoms with Gasteiger partial charge in [-0.3, -0.25) is 4.79 Å². The topological polar surface area (TPSA) is 77.5 Å². The van der Waals surface area contributed by atoms with Crippen molar-refractivity contribution in [1.82, 2.24) is 0 Å². The zero-order chi connectivity index (χ0) is 16.9. The maximum Gasteiger partial charge on any atom is 0.330 e. The molecule has 0 saturated carbocycles. The Labute approximate surface area is 130 Å². The lowest BCUT2D eigenvalue weighted by molar-refractivity contribution is -0.134. The van der Waals surface area contributed by atoms with E-state index in [1.165, 1.54) is 19.2 Å². The number of esters is 1. The summed E-state index contributed by atoms with van der Waals surface area (Å²) in [7, 11) is -2.37. The van der Waals surface area contributed by atoms with Crippen molar-refractivity contribution < 1.29 is 22.7 Å². The van der Waals surface area contributed by atoms with Gasteiger partial charge in [0.1, 0.15) is 0 Å². The van der Waals surface area contributed by atoms with Crippen LogP contribution in [0, 0.1) is 12.8 Å². The quantitative estimate of drug-likeness (QED) is 0.456. The van der Waals surface area contributed by atoms with Gasteiger partial charge in [-0.05, 0) is 31.1 Å². The smallest absolute Gasteiger partial charge is 0.330 e. The third-order valence-electron chi connectivity index (χ3n) is 2.86. The zero-order valence-electron chi connectivity index (χ0n) is 13.1. The fourth-order valence-corrected chi connectivity index (χ4v) is 3.76. The van der Waals surface area contributed by atoms with Crippen molar-refractivity contribution in [3.05, 3.63) is 41.5 Å². The van der Waals surface area contributed by atoms with Crippen molar-refractivity contribution in [3.8, 4) is 0 Å². The molecule has 0 aliphatic heterocycles. The number of methoxy groups -OCH3 is 1. The molecule has 1 rings (SSSR count). The lowest BCUT2D eigenvalue weighted by Crippen LogP contribution is -2.15. The van der Waals surface area contributed by atoms with Crippen LogP contribution < -0.4 is 0 Å². The minimum Gasteiger partial charge on any atom is -0.466 e. The number of aryl methyl sites for hydroxylation is 1. The van der Waals surface area contributed by atoms with E-state index in [1.807, 2.05) is 0 Å². The van der Waals surface area contributed by atoms with Crippen molar-refractivity contribution in [2.24, 2.45) is 5.92 Å². The van der Waals surface area contributed by atoms with Crippen LogP contribution >= 0.6 is 0 Å². The standard InChI is InChI=1S/C16H20O5S/c1-11(2)10-22(19,20)15-7-5-12(3)9-13(15)14(17)6-8-16(18)21-4/h5-9,11H,10H2,1-4H3/b8-6+. The number of benzene rings is 1. The number of carbonyl (C=O) groups excluding carboxylic acids is 2. The average Bonchev–Trinajstić information content (AvgIpc) is 2.42. The number of hydrogen-bond acceptors (Lipinski definition) is 5. The Morgan fingerprint density at radius 3 is 2.41 bits per heavy atom. The molecule has 0 N–H and O–H groups in total. The van der Waals surface area contributed by atoms with Crippen LogP contribution in [0.4, 0.5) is 0 Å². The van der Waals surface area contributed by atoms with Gasteiger partial charge in [0.2, 0.25) is 0 Å². The minimum absolute atomic E-state index is 0.00804. The number of rotatable bonds is 6. The molecule has 0 radical (unpaired) electrons. The van der Waals surface area contributed by atoms with E-state index in [0.29, 0.717) is 0 Å². The first-order chi connectivity index (χ1) is 10.2. The van der Waals surface area contributed by atoms with E-state index >= 15 is 0 Å². The summed E-state index contributed by atoms with van der Waals surface area (Å²) in [6, 6.07) is 4.59. The lowest BCUT2D eigenvalue weighted by Gasteiger charge is -2.11. The Morgan fingerprint density at radius 1 is 1.23 bits per heavy atom. The molecule has 0 amide bonds. The van der Waals surface area contributed by atoms with Gasteiger partial charge >= 0.3 is 5.97 Å². The van der Waals surface area contributed by atoms with E-state index in [2.05, 4.69) is 4.74 Å². The molecule has 0 fully saturated rings. The average molecular weight is 324 g/mol. The van der Waals surface area contributed by atoms with Gasteiger partial charge in [0, 0.05) is 11.6 Å². The largest absolute Gasteiger partial charge is 0.466 e. The number of carbonyl (C=O) groups is 2. The summed E-state index contributed by atoms with van der Waals surface area (Å²) < 4.78 is 29.2. The second kappa shape index (κ2) is 7.35. The van der Waals surface area contributed by atoms with Crippen LogP contribution in [0.1, 0.15) is 29.8 Å². The number of hydrogen-bond donors (Lipinski definition) is 0. The van der Waals surface area contributed by atoms with Gasteiger partial charge in [0.15, 0.2) is 15.6 Å². The maximum atomic E-state index is 12.4. The first-order valence-electron chi connectivity index (χ1n) is 6.81. The third-order valence-corrected chi connectivity index (χ3v) is 4.99. The lowest BCUT2D eigenvalue weighted by atomic mass is 10.1. The van der Waals surface area contributed by atoms with E-state index in [-0.39, 0.29) is 22.1 Å². The van der Waals surface area contributed by atoms with Crippen LogP contribution in [0.15, 0.2) is 35.2 Å². The second-order valence-electron chi connectivity index (χ2n) is 5.40. The zero-order valence-corrected chi connectivity index (χ0v) is 13.9. The van der Waals surface area contributed by atoms with Crippen molar-refractivity contribution in [2.45, 2.75) is 25.7 Å². The summed E-state index contributed by atoms with van der Waals surface area (Å²) in [4.78, 5) is 23.3. The molecule has 0 unspecified atom stereocenters. The van der Waals surface area contributed by atoms with Crippen molar-refractivity contribution in [1.29, 1.82) is 0 Å². The molecule has 0 heterocycles. The highest BCUT2D eigenvalue weighted by Crippen LogP contribution is 2.21. The predicted octanol–water partition coefficient (Wildman–Crippen LogP) is 2.34. The highest BCUT2D eigenvalue weighted by atomic mass is 32.2. The number of allylic oxidation sites excluding steroid dienone is 1. The van der Waals surface area contributed by atoms with E-state index < -0.39 is 21.6 Å². The molecule has 0 aromatic heterocycles. The summed E-state index contributed by atoms with van der Waals surface area (Å²) in [5, 5.41) is 0. The molecule has 1 aromatic rings. The van der Waals surface area contributed by atoms with Crippen LogP contribution in [0.3, 0.4) is 0 Å². The first-order valence-corrected chi connectivity index (χ1v) is 8.46. The highest BCUT2D eigenvalue weighted by molar-refractivity contribution is 7.91. The normalized spacial score (nSPS) is 11.9. The number of ether oxygens (including phenoxy) is 1. The number of sulfone groups is 1. The van der Waals surface area contributed by atoms with Gasteiger partial charge in [0.05, 0.1) is 17.8 Å². The summed E-state index contributed by atoms with van der Waals surface area (Å²) in [6.45, 7) is 5.36. The molecule has 5 nitrogen and oxygen atoms in total. The molecule has 0 atom stereocenters. The van der Waals surface area contributed by atoms with Crippen LogP contribution in [0.2, 0.25) is 0 Å². The summed E-state index contributed by atoms with van der Waals surface area (Å²) in [6.07, 6.45) is 2.00. The van der Waals surface area contributed by atoms with Crippen LogP contribution in [-0.4, -0.2) is 33.0 Å². The van der Waals surface area contributed by atoms with Crippen molar-refractivity contribution in [3.63, 3.8) is 0 Å². The molecular formula is C16H20O5S. The molecular weight excluding hydrogens is 304 g/mol.